The number of para-hydroxylation sites is 1. The van der Waals surface area contributed by atoms with E-state index < -0.39 is 0 Å². The molecular formula is C15H21ClN2O2. The Kier molecular flexibility index (Phi) is 6.55. The lowest BCUT2D eigenvalue weighted by molar-refractivity contribution is -0.130. The summed E-state index contributed by atoms with van der Waals surface area (Å²) in [5, 5.41) is 4.12. The lowest BCUT2D eigenvalue weighted by Gasteiger charge is -2.15. The predicted octanol–water partition coefficient (Wildman–Crippen LogP) is 2.81. The Hall–Kier alpha value is -1.52. The van der Waals surface area contributed by atoms with E-state index in [0.29, 0.717) is 13.0 Å². The SMILES string of the molecule is CNCCCC(=O)N(C)Cc1cc2ccccc2o1.Cl. The smallest absolute Gasteiger partial charge is 0.222 e. The number of amides is 1. The van der Waals surface area contributed by atoms with E-state index in [2.05, 4.69) is 5.32 Å². The summed E-state index contributed by atoms with van der Waals surface area (Å²) in [7, 11) is 3.71. The zero-order chi connectivity index (χ0) is 13.7. The average Bonchev–Trinajstić information content (AvgIpc) is 2.80. The van der Waals surface area contributed by atoms with Crippen LogP contribution in [0.25, 0.3) is 11.0 Å². The van der Waals surface area contributed by atoms with Gasteiger partial charge in [-0.2, -0.15) is 0 Å². The Bertz CT molecular complexity index is 521. The highest BCUT2D eigenvalue weighted by Crippen LogP contribution is 2.19. The third-order valence-electron chi connectivity index (χ3n) is 3.11. The van der Waals surface area contributed by atoms with Gasteiger partial charge in [0.1, 0.15) is 11.3 Å². The number of carbonyl (C=O) groups excluding carboxylic acids is 1. The standard InChI is InChI=1S/C15H20N2O2.ClH/c1-16-9-5-8-15(18)17(2)11-13-10-12-6-3-4-7-14(12)19-13;/h3-4,6-7,10,16H,5,8-9,11H2,1-2H3;1H. The Morgan fingerprint density at radius 2 is 2.10 bits per heavy atom. The molecule has 0 unspecified atom stereocenters. The van der Waals surface area contributed by atoms with Crippen molar-refractivity contribution in [1.82, 2.24) is 10.2 Å². The molecule has 1 aromatic carbocycles. The zero-order valence-electron chi connectivity index (χ0n) is 11.9. The summed E-state index contributed by atoms with van der Waals surface area (Å²) < 4.78 is 5.71. The fraction of sp³-hybridized carbons (Fsp3) is 0.400. The Labute approximate surface area is 125 Å². The van der Waals surface area contributed by atoms with Crippen molar-refractivity contribution < 1.29 is 9.21 Å². The molecule has 1 amide bonds. The third-order valence-corrected chi connectivity index (χ3v) is 3.11. The first-order valence-electron chi connectivity index (χ1n) is 6.56. The highest BCUT2D eigenvalue weighted by atomic mass is 35.5. The second-order valence-electron chi connectivity index (χ2n) is 4.71. The normalized spacial score (nSPS) is 10.3. The molecular weight excluding hydrogens is 276 g/mol. The molecule has 0 aliphatic rings. The van der Waals surface area contributed by atoms with Crippen molar-refractivity contribution in [3.63, 3.8) is 0 Å². The lowest BCUT2D eigenvalue weighted by atomic mass is 10.2. The van der Waals surface area contributed by atoms with Crippen molar-refractivity contribution >= 4 is 29.3 Å². The lowest BCUT2D eigenvalue weighted by Crippen LogP contribution is -2.26. The summed E-state index contributed by atoms with van der Waals surface area (Å²) in [5.41, 5.74) is 0.869. The minimum Gasteiger partial charge on any atom is -0.459 e. The summed E-state index contributed by atoms with van der Waals surface area (Å²) in [4.78, 5) is 13.6. The fourth-order valence-corrected chi connectivity index (χ4v) is 2.04. The largest absolute Gasteiger partial charge is 0.459 e. The minimum atomic E-state index is 0. The van der Waals surface area contributed by atoms with Gasteiger partial charge >= 0.3 is 0 Å². The zero-order valence-corrected chi connectivity index (χ0v) is 12.7. The Morgan fingerprint density at radius 1 is 1.35 bits per heavy atom. The van der Waals surface area contributed by atoms with Gasteiger partial charge in [-0.25, -0.2) is 0 Å². The average molecular weight is 297 g/mol. The van der Waals surface area contributed by atoms with E-state index in [4.69, 9.17) is 4.42 Å². The van der Waals surface area contributed by atoms with Gasteiger partial charge in [0.05, 0.1) is 6.54 Å². The maximum Gasteiger partial charge on any atom is 0.222 e. The van der Waals surface area contributed by atoms with Crippen LogP contribution in [0.5, 0.6) is 0 Å². The molecule has 0 aliphatic heterocycles. The number of furan rings is 1. The molecule has 0 aliphatic carbocycles. The number of hydrogen-bond acceptors (Lipinski definition) is 3. The van der Waals surface area contributed by atoms with Gasteiger partial charge in [-0.3, -0.25) is 4.79 Å². The van der Waals surface area contributed by atoms with Crippen LogP contribution in [0, 0.1) is 0 Å². The van der Waals surface area contributed by atoms with Crippen molar-refractivity contribution in [2.24, 2.45) is 0 Å². The van der Waals surface area contributed by atoms with Crippen LogP contribution in [0.3, 0.4) is 0 Å². The molecule has 4 nitrogen and oxygen atoms in total. The van der Waals surface area contributed by atoms with Gasteiger partial charge in [-0.1, -0.05) is 18.2 Å². The Morgan fingerprint density at radius 3 is 2.80 bits per heavy atom. The minimum absolute atomic E-state index is 0. The summed E-state index contributed by atoms with van der Waals surface area (Å²) in [5.74, 6) is 0.973. The van der Waals surface area contributed by atoms with Crippen molar-refractivity contribution in [2.45, 2.75) is 19.4 Å². The highest BCUT2D eigenvalue weighted by Gasteiger charge is 2.11. The van der Waals surface area contributed by atoms with E-state index in [-0.39, 0.29) is 18.3 Å². The molecule has 2 aromatic rings. The molecule has 110 valence electrons. The quantitative estimate of drug-likeness (QED) is 0.834. The molecule has 0 saturated heterocycles. The van der Waals surface area contributed by atoms with Crippen molar-refractivity contribution in [3.05, 3.63) is 36.1 Å². The van der Waals surface area contributed by atoms with Crippen LogP contribution in [0.2, 0.25) is 0 Å². The van der Waals surface area contributed by atoms with Gasteiger partial charge in [0, 0.05) is 18.9 Å². The van der Waals surface area contributed by atoms with Crippen molar-refractivity contribution in [2.75, 3.05) is 20.6 Å². The fourth-order valence-electron chi connectivity index (χ4n) is 2.04. The molecule has 0 radical (unpaired) electrons. The van der Waals surface area contributed by atoms with Crippen LogP contribution < -0.4 is 5.32 Å². The van der Waals surface area contributed by atoms with Crippen molar-refractivity contribution in [3.8, 4) is 0 Å². The van der Waals surface area contributed by atoms with Crippen LogP contribution in [-0.2, 0) is 11.3 Å². The number of hydrogen-bond donors (Lipinski definition) is 1. The first-order chi connectivity index (χ1) is 9.20. The van der Waals surface area contributed by atoms with E-state index >= 15 is 0 Å². The number of fused-ring (bicyclic) bond motifs is 1. The molecule has 1 N–H and O–H groups in total. The summed E-state index contributed by atoms with van der Waals surface area (Å²) >= 11 is 0. The van der Waals surface area contributed by atoms with Gasteiger partial charge in [-0.15, -0.1) is 12.4 Å². The topological polar surface area (TPSA) is 45.5 Å². The number of halogens is 1. The molecule has 0 saturated carbocycles. The van der Waals surface area contributed by atoms with Gasteiger partial charge in [-0.05, 0) is 32.1 Å². The van der Waals surface area contributed by atoms with Crippen LogP contribution in [0.15, 0.2) is 34.7 Å². The second kappa shape index (κ2) is 7.92. The second-order valence-corrected chi connectivity index (χ2v) is 4.71. The van der Waals surface area contributed by atoms with Crippen LogP contribution in [0.1, 0.15) is 18.6 Å². The van der Waals surface area contributed by atoms with Crippen molar-refractivity contribution in [1.29, 1.82) is 0 Å². The maximum absolute atomic E-state index is 11.9. The van der Waals surface area contributed by atoms with E-state index in [1.807, 2.05) is 44.4 Å². The number of nitrogens with one attached hydrogen (secondary N) is 1. The van der Waals surface area contributed by atoms with Gasteiger partial charge in [0.25, 0.3) is 0 Å². The van der Waals surface area contributed by atoms with E-state index in [0.717, 1.165) is 29.7 Å². The van der Waals surface area contributed by atoms with E-state index in [1.54, 1.807) is 4.90 Å². The molecule has 0 fully saturated rings. The maximum atomic E-state index is 11.9. The third kappa shape index (κ3) is 4.25. The van der Waals surface area contributed by atoms with Crippen LogP contribution in [-0.4, -0.2) is 31.4 Å². The first-order valence-corrected chi connectivity index (χ1v) is 6.56. The molecule has 20 heavy (non-hydrogen) atoms. The number of nitrogens with zero attached hydrogens (tertiary/aromatic N) is 1. The van der Waals surface area contributed by atoms with Gasteiger partial charge in [0.2, 0.25) is 5.91 Å². The van der Waals surface area contributed by atoms with Crippen LogP contribution >= 0.6 is 12.4 Å². The number of rotatable bonds is 6. The summed E-state index contributed by atoms with van der Waals surface area (Å²) in [6.07, 6.45) is 1.43. The Balaban J connectivity index is 0.00000200. The van der Waals surface area contributed by atoms with Gasteiger partial charge in [0.15, 0.2) is 0 Å². The number of carbonyl (C=O) groups is 1. The van der Waals surface area contributed by atoms with Gasteiger partial charge < -0.3 is 14.6 Å². The van der Waals surface area contributed by atoms with Crippen LogP contribution in [0.4, 0.5) is 0 Å². The number of benzene rings is 1. The molecule has 0 atom stereocenters. The molecule has 0 spiro atoms. The first kappa shape index (κ1) is 16.5. The summed E-state index contributed by atoms with van der Waals surface area (Å²) in [6, 6.07) is 9.87. The molecule has 5 heteroatoms. The molecule has 1 aromatic heterocycles. The van der Waals surface area contributed by atoms with E-state index in [1.165, 1.54) is 0 Å². The molecule has 1 heterocycles. The predicted molar refractivity (Wildman–Crippen MR) is 83.1 cm³/mol. The highest BCUT2D eigenvalue weighted by molar-refractivity contribution is 5.85. The summed E-state index contributed by atoms with van der Waals surface area (Å²) in [6.45, 7) is 1.39. The molecule has 0 bridgehead atoms. The van der Waals surface area contributed by atoms with E-state index in [9.17, 15) is 4.79 Å². The molecule has 2 rings (SSSR count). The monoisotopic (exact) mass is 296 g/mol.